The van der Waals surface area contributed by atoms with E-state index in [9.17, 15) is 4.79 Å². The summed E-state index contributed by atoms with van der Waals surface area (Å²) in [4.78, 5) is 13.7. The van der Waals surface area contributed by atoms with E-state index in [2.05, 4.69) is 4.90 Å². The van der Waals surface area contributed by atoms with Gasteiger partial charge in [-0.15, -0.1) is 0 Å². The van der Waals surface area contributed by atoms with E-state index in [0.717, 1.165) is 12.1 Å². The summed E-state index contributed by atoms with van der Waals surface area (Å²) < 4.78 is 0. The molecule has 0 unspecified atom stereocenters. The second-order valence-corrected chi connectivity index (χ2v) is 5.84. The maximum atomic E-state index is 10.8. The third-order valence-corrected chi connectivity index (χ3v) is 3.92. The molecule has 0 saturated heterocycles. The van der Waals surface area contributed by atoms with Crippen LogP contribution in [0.4, 0.5) is 0 Å². The van der Waals surface area contributed by atoms with Crippen molar-refractivity contribution in [2.45, 2.75) is 38.3 Å². The Labute approximate surface area is 124 Å². The van der Waals surface area contributed by atoms with E-state index in [4.69, 9.17) is 23.1 Å². The van der Waals surface area contributed by atoms with Gasteiger partial charge in [0.15, 0.2) is 0 Å². The number of thiocarbonyl (C=S) groups is 1. The number of nitrogens with zero attached hydrogens (tertiary/aromatic N) is 1. The van der Waals surface area contributed by atoms with Crippen molar-refractivity contribution >= 4 is 23.2 Å². The molecule has 0 aliphatic heterocycles. The minimum atomic E-state index is -0.896. The lowest BCUT2D eigenvalue weighted by Crippen LogP contribution is -2.38. The van der Waals surface area contributed by atoms with Gasteiger partial charge in [-0.1, -0.05) is 37.2 Å². The van der Waals surface area contributed by atoms with Crippen molar-refractivity contribution in [3.8, 4) is 0 Å². The van der Waals surface area contributed by atoms with Crippen LogP contribution >= 0.6 is 12.2 Å². The Hall–Kier alpha value is -1.46. The van der Waals surface area contributed by atoms with Crippen LogP contribution in [0.25, 0.3) is 0 Å². The van der Waals surface area contributed by atoms with Crippen molar-refractivity contribution < 1.29 is 9.90 Å². The van der Waals surface area contributed by atoms with Crippen LogP contribution in [0.1, 0.15) is 41.6 Å². The molecule has 4 nitrogen and oxygen atoms in total. The molecular weight excluding hydrogens is 272 g/mol. The number of aromatic carboxylic acids is 1. The Morgan fingerprint density at radius 3 is 2.40 bits per heavy atom. The normalized spacial score (nSPS) is 15.7. The Morgan fingerprint density at radius 1 is 1.30 bits per heavy atom. The first-order valence-electron chi connectivity index (χ1n) is 6.91. The lowest BCUT2D eigenvalue weighted by Gasteiger charge is -2.28. The summed E-state index contributed by atoms with van der Waals surface area (Å²) in [6.45, 7) is 1.39. The highest BCUT2D eigenvalue weighted by molar-refractivity contribution is 7.80. The predicted molar refractivity (Wildman–Crippen MR) is 82.9 cm³/mol. The highest BCUT2D eigenvalue weighted by atomic mass is 32.1. The van der Waals surface area contributed by atoms with Gasteiger partial charge in [0.05, 0.1) is 10.6 Å². The SMILES string of the molecule is NC(=S)CN(Cc1ccc(C(=O)O)cc1)C1CCCC1. The fraction of sp³-hybridized carbons (Fsp3) is 0.467. The Kier molecular flexibility index (Phi) is 5.09. The van der Waals surface area contributed by atoms with Gasteiger partial charge in [0.1, 0.15) is 0 Å². The molecule has 5 heteroatoms. The van der Waals surface area contributed by atoms with Crippen LogP contribution in [-0.2, 0) is 6.54 Å². The van der Waals surface area contributed by atoms with Crippen LogP contribution in [0.2, 0.25) is 0 Å². The maximum absolute atomic E-state index is 10.8. The molecule has 0 bridgehead atoms. The van der Waals surface area contributed by atoms with Crippen LogP contribution in [0.5, 0.6) is 0 Å². The van der Waals surface area contributed by atoms with Crippen LogP contribution in [0.3, 0.4) is 0 Å². The van der Waals surface area contributed by atoms with Gasteiger partial charge in [-0.3, -0.25) is 4.90 Å². The first-order chi connectivity index (χ1) is 9.56. The first kappa shape index (κ1) is 14.9. The zero-order valence-electron chi connectivity index (χ0n) is 11.4. The molecule has 20 heavy (non-hydrogen) atoms. The second-order valence-electron chi connectivity index (χ2n) is 5.31. The maximum Gasteiger partial charge on any atom is 0.335 e. The van der Waals surface area contributed by atoms with E-state index >= 15 is 0 Å². The average Bonchev–Trinajstić information content (AvgIpc) is 2.92. The highest BCUT2D eigenvalue weighted by Gasteiger charge is 2.23. The minimum Gasteiger partial charge on any atom is -0.478 e. The van der Waals surface area contributed by atoms with E-state index in [0.29, 0.717) is 23.1 Å². The van der Waals surface area contributed by atoms with Gasteiger partial charge >= 0.3 is 5.97 Å². The summed E-state index contributed by atoms with van der Waals surface area (Å²) in [5.74, 6) is -0.896. The van der Waals surface area contributed by atoms with E-state index < -0.39 is 5.97 Å². The number of carboxylic acid groups (broad SMARTS) is 1. The summed E-state index contributed by atoms with van der Waals surface area (Å²) in [7, 11) is 0. The van der Waals surface area contributed by atoms with Gasteiger partial charge in [0.25, 0.3) is 0 Å². The van der Waals surface area contributed by atoms with Crippen molar-refractivity contribution in [3.63, 3.8) is 0 Å². The van der Waals surface area contributed by atoms with E-state index in [1.165, 1.54) is 25.7 Å². The molecule has 108 valence electrons. The predicted octanol–water partition coefficient (Wildman–Crippen LogP) is 2.42. The molecule has 0 aromatic heterocycles. The van der Waals surface area contributed by atoms with Gasteiger partial charge in [-0.25, -0.2) is 4.79 Å². The zero-order valence-corrected chi connectivity index (χ0v) is 12.2. The number of nitrogens with two attached hydrogens (primary N) is 1. The monoisotopic (exact) mass is 292 g/mol. The largest absolute Gasteiger partial charge is 0.478 e. The number of carboxylic acids is 1. The first-order valence-corrected chi connectivity index (χ1v) is 7.31. The lowest BCUT2D eigenvalue weighted by molar-refractivity contribution is 0.0697. The molecule has 1 aliphatic carbocycles. The summed E-state index contributed by atoms with van der Waals surface area (Å²) in [6.07, 6.45) is 4.90. The standard InChI is InChI=1S/C15H20N2O2S/c16-14(20)10-17(13-3-1-2-4-13)9-11-5-7-12(8-6-11)15(18)19/h5-8,13H,1-4,9-10H2,(H2,16,20)(H,18,19). The smallest absolute Gasteiger partial charge is 0.335 e. The zero-order chi connectivity index (χ0) is 14.5. The van der Waals surface area contributed by atoms with Crippen LogP contribution in [0, 0.1) is 0 Å². The summed E-state index contributed by atoms with van der Waals surface area (Å²) in [5, 5.41) is 8.91. The third kappa shape index (κ3) is 4.02. The number of hydrogen-bond donors (Lipinski definition) is 2. The Bertz CT molecular complexity index is 481. The minimum absolute atomic E-state index is 0.315. The number of hydrogen-bond acceptors (Lipinski definition) is 3. The van der Waals surface area contributed by atoms with E-state index in [1.54, 1.807) is 12.1 Å². The molecule has 1 saturated carbocycles. The van der Waals surface area contributed by atoms with Crippen LogP contribution < -0.4 is 5.73 Å². The van der Waals surface area contributed by atoms with Crippen molar-refractivity contribution in [3.05, 3.63) is 35.4 Å². The highest BCUT2D eigenvalue weighted by Crippen LogP contribution is 2.24. The van der Waals surface area contributed by atoms with Crippen LogP contribution in [-0.4, -0.2) is 33.6 Å². The number of carbonyl (C=O) groups is 1. The Morgan fingerprint density at radius 2 is 1.90 bits per heavy atom. The molecule has 1 aromatic rings. The van der Waals surface area contributed by atoms with Gasteiger partial charge in [-0.05, 0) is 30.5 Å². The lowest BCUT2D eigenvalue weighted by atomic mass is 10.1. The molecule has 1 fully saturated rings. The topological polar surface area (TPSA) is 66.6 Å². The molecule has 0 amide bonds. The Balaban J connectivity index is 2.06. The van der Waals surface area contributed by atoms with Gasteiger partial charge in [0.2, 0.25) is 0 Å². The van der Waals surface area contributed by atoms with E-state index in [-0.39, 0.29) is 0 Å². The second kappa shape index (κ2) is 6.81. The van der Waals surface area contributed by atoms with Gasteiger partial charge in [0, 0.05) is 19.1 Å². The molecule has 3 N–H and O–H groups in total. The summed E-state index contributed by atoms with van der Waals surface area (Å²) in [6, 6.07) is 7.56. The quantitative estimate of drug-likeness (QED) is 0.788. The summed E-state index contributed by atoms with van der Waals surface area (Å²) >= 11 is 5.04. The average molecular weight is 292 g/mol. The van der Waals surface area contributed by atoms with E-state index in [1.807, 2.05) is 12.1 Å². The van der Waals surface area contributed by atoms with Gasteiger partial charge in [-0.2, -0.15) is 0 Å². The molecule has 0 heterocycles. The van der Waals surface area contributed by atoms with Crippen molar-refractivity contribution in [2.24, 2.45) is 5.73 Å². The molecule has 1 aliphatic rings. The van der Waals surface area contributed by atoms with Gasteiger partial charge < -0.3 is 10.8 Å². The third-order valence-electron chi connectivity index (χ3n) is 3.79. The summed E-state index contributed by atoms with van der Waals surface area (Å²) in [5.41, 5.74) is 7.10. The molecule has 2 rings (SSSR count). The molecule has 0 atom stereocenters. The van der Waals surface area contributed by atoms with Crippen molar-refractivity contribution in [1.29, 1.82) is 0 Å². The molecule has 1 aromatic carbocycles. The van der Waals surface area contributed by atoms with Crippen LogP contribution in [0.15, 0.2) is 24.3 Å². The van der Waals surface area contributed by atoms with Crippen molar-refractivity contribution in [1.82, 2.24) is 4.90 Å². The molecule has 0 radical (unpaired) electrons. The van der Waals surface area contributed by atoms with Crippen molar-refractivity contribution in [2.75, 3.05) is 6.54 Å². The number of benzene rings is 1. The number of rotatable bonds is 6. The molecule has 0 spiro atoms. The fourth-order valence-corrected chi connectivity index (χ4v) is 2.94. The fourth-order valence-electron chi connectivity index (χ4n) is 2.77. The molecular formula is C15H20N2O2S.